The van der Waals surface area contributed by atoms with Crippen LogP contribution in [0.3, 0.4) is 0 Å². The lowest BCUT2D eigenvalue weighted by Crippen LogP contribution is -2.61. The number of rotatable bonds is 16. The summed E-state index contributed by atoms with van der Waals surface area (Å²) in [6.07, 6.45) is 0.163. The number of carbonyl (C=O) groups is 5. The lowest BCUT2D eigenvalue weighted by atomic mass is 10.00. The zero-order valence-electron chi connectivity index (χ0n) is 26.5. The fourth-order valence-electron chi connectivity index (χ4n) is 4.42. The van der Waals surface area contributed by atoms with Crippen molar-refractivity contribution >= 4 is 54.8 Å². The van der Waals surface area contributed by atoms with Gasteiger partial charge in [-0.1, -0.05) is 36.4 Å². The molecule has 0 aromatic heterocycles. The Kier molecular flexibility index (Phi) is 13.8. The molecule has 0 spiro atoms. The normalized spacial score (nSPS) is 14.2. The molecule has 0 aliphatic carbocycles. The van der Waals surface area contributed by atoms with Crippen LogP contribution in [0.25, 0.3) is 0 Å². The molecule has 13 nitrogen and oxygen atoms in total. The predicted molar refractivity (Wildman–Crippen MR) is 181 cm³/mol. The van der Waals surface area contributed by atoms with Crippen LogP contribution in [0.5, 0.6) is 11.5 Å². The molecule has 0 fully saturated rings. The van der Waals surface area contributed by atoms with Crippen LogP contribution in [0, 0.1) is 0 Å². The number of phenols is 1. The second-order valence-corrected chi connectivity index (χ2v) is 14.2. The van der Waals surface area contributed by atoms with E-state index in [0.29, 0.717) is 5.56 Å². The van der Waals surface area contributed by atoms with Crippen LogP contribution < -0.4 is 37.5 Å². The van der Waals surface area contributed by atoms with Crippen LogP contribution in [-0.2, 0) is 36.8 Å². The maximum absolute atomic E-state index is 13.2. The SMILES string of the molecule is COc1cc(C[C@H](N)C(=O)N[C@@H](C(=O)NCC(=O)N[C@@H](Cc2ccccc2)C(=O)N[C@@H](C(N)=O)C(C)(C)S)C(C)(C)S)ccc1O. The molecule has 0 unspecified atom stereocenters. The molecule has 2 rings (SSSR count). The zero-order chi connectivity index (χ0) is 34.8. The fourth-order valence-corrected chi connectivity index (χ4v) is 4.79. The van der Waals surface area contributed by atoms with Crippen molar-refractivity contribution in [2.24, 2.45) is 11.5 Å². The Morgan fingerprint density at radius 2 is 1.41 bits per heavy atom. The summed E-state index contributed by atoms with van der Waals surface area (Å²) in [5.41, 5.74) is 12.9. The van der Waals surface area contributed by atoms with E-state index in [1.54, 1.807) is 70.2 Å². The smallest absolute Gasteiger partial charge is 0.244 e. The molecular formula is C31H44N6O7S2. The topological polar surface area (TPSA) is 215 Å². The van der Waals surface area contributed by atoms with Crippen LogP contribution in [0.2, 0.25) is 0 Å². The first-order chi connectivity index (χ1) is 21.3. The lowest BCUT2D eigenvalue weighted by molar-refractivity contribution is -0.133. The number of methoxy groups -OCH3 is 1. The molecule has 15 heteroatoms. The number of carbonyl (C=O) groups excluding carboxylic acids is 5. The molecule has 0 heterocycles. The first-order valence-corrected chi connectivity index (χ1v) is 15.3. The van der Waals surface area contributed by atoms with Crippen LogP contribution in [-0.4, -0.2) is 82.0 Å². The molecule has 0 bridgehead atoms. The number of ether oxygens (including phenoxy) is 1. The molecule has 4 atom stereocenters. The van der Waals surface area contributed by atoms with Crippen molar-refractivity contribution in [1.82, 2.24) is 21.3 Å². The highest BCUT2D eigenvalue weighted by Crippen LogP contribution is 2.27. The van der Waals surface area contributed by atoms with Gasteiger partial charge in [-0.2, -0.15) is 25.3 Å². The molecular weight excluding hydrogens is 633 g/mol. The van der Waals surface area contributed by atoms with E-state index in [1.165, 1.54) is 13.2 Å². The Labute approximate surface area is 279 Å². The Balaban J connectivity index is 2.11. The van der Waals surface area contributed by atoms with Gasteiger partial charge in [0.05, 0.1) is 19.7 Å². The third-order valence-corrected chi connectivity index (χ3v) is 7.44. The van der Waals surface area contributed by atoms with E-state index >= 15 is 0 Å². The molecule has 0 aliphatic heterocycles. The van der Waals surface area contributed by atoms with Gasteiger partial charge in [0.2, 0.25) is 29.5 Å². The van der Waals surface area contributed by atoms with Crippen molar-refractivity contribution in [3.05, 3.63) is 59.7 Å². The largest absolute Gasteiger partial charge is 0.504 e. The van der Waals surface area contributed by atoms with Gasteiger partial charge in [-0.05, 0) is 57.4 Å². The highest BCUT2D eigenvalue weighted by Gasteiger charge is 2.36. The highest BCUT2D eigenvalue weighted by atomic mass is 32.1. The van der Waals surface area contributed by atoms with Gasteiger partial charge in [0.25, 0.3) is 0 Å². The summed E-state index contributed by atoms with van der Waals surface area (Å²) in [5.74, 6) is -3.37. The zero-order valence-corrected chi connectivity index (χ0v) is 28.3. The Morgan fingerprint density at radius 3 is 1.96 bits per heavy atom. The third-order valence-electron chi connectivity index (χ3n) is 6.93. The van der Waals surface area contributed by atoms with Crippen molar-refractivity contribution in [2.45, 2.75) is 74.2 Å². The molecule has 0 radical (unpaired) electrons. The van der Waals surface area contributed by atoms with E-state index in [0.717, 1.165) is 5.56 Å². The number of primary amides is 1. The van der Waals surface area contributed by atoms with Gasteiger partial charge >= 0.3 is 0 Å². The summed E-state index contributed by atoms with van der Waals surface area (Å²) in [6, 6.07) is 8.92. The fraction of sp³-hybridized carbons (Fsp3) is 0.452. The van der Waals surface area contributed by atoms with Gasteiger partial charge < -0.3 is 42.6 Å². The van der Waals surface area contributed by atoms with E-state index in [9.17, 15) is 29.1 Å². The first-order valence-electron chi connectivity index (χ1n) is 14.4. The van der Waals surface area contributed by atoms with Gasteiger partial charge in [-0.15, -0.1) is 0 Å². The number of benzene rings is 2. The summed E-state index contributed by atoms with van der Waals surface area (Å²) in [6.45, 7) is 5.90. The summed E-state index contributed by atoms with van der Waals surface area (Å²) < 4.78 is 3.03. The second kappa shape index (κ2) is 16.6. The van der Waals surface area contributed by atoms with E-state index < -0.39 is 69.7 Å². The molecule has 0 saturated carbocycles. The number of aromatic hydroxyl groups is 1. The summed E-state index contributed by atoms with van der Waals surface area (Å²) in [4.78, 5) is 64.4. The first kappa shape index (κ1) is 38.2. The van der Waals surface area contributed by atoms with Crippen LogP contribution in [0.15, 0.2) is 48.5 Å². The second-order valence-electron chi connectivity index (χ2n) is 11.9. The Bertz CT molecular complexity index is 1400. The van der Waals surface area contributed by atoms with Gasteiger partial charge in [0.15, 0.2) is 11.5 Å². The Hall–Kier alpha value is -3.95. The van der Waals surface area contributed by atoms with Crippen molar-refractivity contribution < 1.29 is 33.8 Å². The number of phenolic OH excluding ortho intramolecular Hbond substituents is 1. The van der Waals surface area contributed by atoms with E-state index in [-0.39, 0.29) is 24.3 Å². The van der Waals surface area contributed by atoms with E-state index in [4.69, 9.17) is 16.2 Å². The van der Waals surface area contributed by atoms with E-state index in [1.807, 2.05) is 0 Å². The number of amides is 5. The van der Waals surface area contributed by atoms with Crippen molar-refractivity contribution in [3.63, 3.8) is 0 Å². The number of hydrogen-bond donors (Lipinski definition) is 9. The van der Waals surface area contributed by atoms with Gasteiger partial charge in [-0.3, -0.25) is 24.0 Å². The van der Waals surface area contributed by atoms with Crippen molar-refractivity contribution in [3.8, 4) is 11.5 Å². The van der Waals surface area contributed by atoms with Crippen molar-refractivity contribution in [2.75, 3.05) is 13.7 Å². The molecule has 252 valence electrons. The van der Waals surface area contributed by atoms with Gasteiger partial charge in [0, 0.05) is 15.9 Å². The molecule has 0 aliphatic rings. The standard InChI is InChI=1S/C31H44N6O7S2/c1-30(2,45)24(26(33)40)36-28(42)20(14-17-9-7-6-8-10-17)35-23(39)16-34-29(43)25(31(3,4)46)37-27(41)19(32)13-18-11-12-21(38)22(15-18)44-5/h6-12,15,19-20,24-25,38,45-46H,13-14,16,32H2,1-5H3,(H2,33,40)(H,34,43)(H,35,39)(H,36,42)(H,37,41)/t19-,20-,24-,25-/m0/s1. The monoisotopic (exact) mass is 676 g/mol. The number of hydrogen-bond acceptors (Lipinski definition) is 10. The molecule has 0 saturated heterocycles. The number of nitrogens with two attached hydrogens (primary N) is 2. The van der Waals surface area contributed by atoms with Crippen LogP contribution in [0.4, 0.5) is 0 Å². The lowest BCUT2D eigenvalue weighted by Gasteiger charge is -2.31. The summed E-state index contributed by atoms with van der Waals surface area (Å²) in [7, 11) is 1.39. The summed E-state index contributed by atoms with van der Waals surface area (Å²) >= 11 is 8.83. The number of nitrogens with one attached hydrogen (secondary N) is 4. The maximum Gasteiger partial charge on any atom is 0.244 e. The quantitative estimate of drug-likeness (QED) is 0.110. The van der Waals surface area contributed by atoms with Crippen molar-refractivity contribution in [1.29, 1.82) is 0 Å². The maximum atomic E-state index is 13.2. The average molecular weight is 677 g/mol. The third kappa shape index (κ3) is 11.8. The predicted octanol–water partition coefficient (Wildman–Crippen LogP) is -0.0140. The molecule has 5 amide bonds. The van der Waals surface area contributed by atoms with Crippen LogP contribution >= 0.6 is 25.3 Å². The summed E-state index contributed by atoms with van der Waals surface area (Å²) in [5, 5.41) is 20.0. The molecule has 2 aromatic rings. The molecule has 9 N–H and O–H groups in total. The highest BCUT2D eigenvalue weighted by molar-refractivity contribution is 7.82. The van der Waals surface area contributed by atoms with E-state index in [2.05, 4.69) is 46.5 Å². The van der Waals surface area contributed by atoms with Crippen LogP contribution in [0.1, 0.15) is 38.8 Å². The molecule has 2 aromatic carbocycles. The minimum Gasteiger partial charge on any atom is -0.504 e. The van der Waals surface area contributed by atoms with Gasteiger partial charge in [-0.25, -0.2) is 0 Å². The number of thiol groups is 2. The minimum absolute atomic E-state index is 0.0645. The Morgan fingerprint density at radius 1 is 0.826 bits per heavy atom. The minimum atomic E-state index is -1.20. The molecule has 46 heavy (non-hydrogen) atoms. The average Bonchev–Trinajstić information content (AvgIpc) is 2.96. The van der Waals surface area contributed by atoms with Gasteiger partial charge in [0.1, 0.15) is 18.1 Å².